The largest absolute Gasteiger partial charge is 0.359 e. The predicted molar refractivity (Wildman–Crippen MR) is 76.4 cm³/mol. The van der Waals surface area contributed by atoms with E-state index in [0.29, 0.717) is 23.5 Å². The maximum atomic E-state index is 12.4. The summed E-state index contributed by atoms with van der Waals surface area (Å²) in [4.78, 5) is 26.5. The lowest BCUT2D eigenvalue weighted by molar-refractivity contribution is -0.125. The summed E-state index contributed by atoms with van der Waals surface area (Å²) in [5.41, 5.74) is 0.600. The van der Waals surface area contributed by atoms with Gasteiger partial charge in [-0.05, 0) is 25.0 Å². The highest BCUT2D eigenvalue weighted by molar-refractivity contribution is 7.80. The van der Waals surface area contributed by atoms with Gasteiger partial charge in [0, 0.05) is 25.0 Å². The molecule has 1 atom stereocenters. The Morgan fingerprint density at radius 3 is 2.79 bits per heavy atom. The third-order valence-electron chi connectivity index (χ3n) is 3.46. The standard InChI is InChI=1S/C14H18N2O2S/c1-15-13(17)10-5-4-8-16(9-10)14(18)11-6-2-3-7-12(11)19/h2-3,6-7,10,19H,4-5,8-9H2,1H3,(H,15,17). The smallest absolute Gasteiger partial charge is 0.255 e. The first-order valence-corrected chi connectivity index (χ1v) is 6.87. The normalized spacial score (nSPS) is 19.1. The summed E-state index contributed by atoms with van der Waals surface area (Å²) in [6.45, 7) is 1.19. The number of amides is 2. The average Bonchev–Trinajstić information content (AvgIpc) is 2.46. The monoisotopic (exact) mass is 278 g/mol. The summed E-state index contributed by atoms with van der Waals surface area (Å²) in [7, 11) is 1.63. The minimum atomic E-state index is -0.102. The summed E-state index contributed by atoms with van der Waals surface area (Å²) in [5, 5.41) is 2.65. The molecule has 0 bridgehead atoms. The van der Waals surface area contributed by atoms with Crippen molar-refractivity contribution < 1.29 is 9.59 Å². The van der Waals surface area contributed by atoms with Crippen molar-refractivity contribution in [2.24, 2.45) is 5.92 Å². The van der Waals surface area contributed by atoms with Gasteiger partial charge in [0.2, 0.25) is 5.91 Å². The number of hydrogen-bond acceptors (Lipinski definition) is 3. The molecule has 1 unspecified atom stereocenters. The van der Waals surface area contributed by atoms with Crippen molar-refractivity contribution in [1.82, 2.24) is 10.2 Å². The molecule has 1 heterocycles. The zero-order valence-corrected chi connectivity index (χ0v) is 11.8. The summed E-state index contributed by atoms with van der Waals surface area (Å²) >= 11 is 4.31. The van der Waals surface area contributed by atoms with E-state index in [-0.39, 0.29) is 17.7 Å². The topological polar surface area (TPSA) is 49.4 Å². The molecule has 2 amide bonds. The van der Waals surface area contributed by atoms with Gasteiger partial charge in [0.15, 0.2) is 0 Å². The van der Waals surface area contributed by atoms with Crippen LogP contribution in [-0.4, -0.2) is 36.9 Å². The molecule has 1 saturated heterocycles. The lowest BCUT2D eigenvalue weighted by atomic mass is 9.96. The van der Waals surface area contributed by atoms with Crippen LogP contribution in [0.3, 0.4) is 0 Å². The van der Waals surface area contributed by atoms with Crippen molar-refractivity contribution in [3.05, 3.63) is 29.8 Å². The van der Waals surface area contributed by atoms with Gasteiger partial charge < -0.3 is 10.2 Å². The van der Waals surface area contributed by atoms with Gasteiger partial charge in [-0.15, -0.1) is 12.6 Å². The molecule has 0 saturated carbocycles. The SMILES string of the molecule is CNC(=O)C1CCCN(C(=O)c2ccccc2S)C1. The second-order valence-corrected chi connectivity index (χ2v) is 5.20. The van der Waals surface area contributed by atoms with Crippen LogP contribution in [0.25, 0.3) is 0 Å². The van der Waals surface area contributed by atoms with Gasteiger partial charge in [-0.25, -0.2) is 0 Å². The average molecular weight is 278 g/mol. The number of carbonyl (C=O) groups excluding carboxylic acids is 2. The number of piperidine rings is 1. The quantitative estimate of drug-likeness (QED) is 0.807. The minimum Gasteiger partial charge on any atom is -0.359 e. The second-order valence-electron chi connectivity index (χ2n) is 4.72. The van der Waals surface area contributed by atoms with Crippen LogP contribution in [-0.2, 0) is 4.79 Å². The van der Waals surface area contributed by atoms with Crippen LogP contribution in [0.4, 0.5) is 0 Å². The van der Waals surface area contributed by atoms with E-state index in [1.807, 2.05) is 12.1 Å². The van der Waals surface area contributed by atoms with E-state index in [1.54, 1.807) is 24.1 Å². The van der Waals surface area contributed by atoms with E-state index < -0.39 is 0 Å². The first-order chi connectivity index (χ1) is 9.13. The van der Waals surface area contributed by atoms with Crippen molar-refractivity contribution in [2.45, 2.75) is 17.7 Å². The van der Waals surface area contributed by atoms with Gasteiger partial charge >= 0.3 is 0 Å². The number of rotatable bonds is 2. The molecule has 1 fully saturated rings. The van der Waals surface area contributed by atoms with E-state index in [9.17, 15) is 9.59 Å². The Bertz CT molecular complexity index is 490. The maximum absolute atomic E-state index is 12.4. The van der Waals surface area contributed by atoms with E-state index in [4.69, 9.17) is 0 Å². The van der Waals surface area contributed by atoms with Gasteiger partial charge in [-0.3, -0.25) is 9.59 Å². The molecular formula is C14H18N2O2S. The summed E-state index contributed by atoms with van der Waals surface area (Å²) in [6, 6.07) is 7.25. The summed E-state index contributed by atoms with van der Waals surface area (Å²) in [6.07, 6.45) is 1.70. The number of hydrogen-bond donors (Lipinski definition) is 2. The molecule has 0 radical (unpaired) electrons. The number of nitrogens with zero attached hydrogens (tertiary/aromatic N) is 1. The molecule has 0 spiro atoms. The lowest BCUT2D eigenvalue weighted by Crippen LogP contribution is -2.44. The molecule has 1 aliphatic rings. The van der Waals surface area contributed by atoms with Crippen molar-refractivity contribution in [1.29, 1.82) is 0 Å². The Labute approximate surface area is 118 Å². The number of nitrogens with one attached hydrogen (secondary N) is 1. The van der Waals surface area contributed by atoms with Gasteiger partial charge in [-0.1, -0.05) is 12.1 Å². The van der Waals surface area contributed by atoms with E-state index in [0.717, 1.165) is 12.8 Å². The van der Waals surface area contributed by atoms with Crippen LogP contribution < -0.4 is 5.32 Å². The summed E-state index contributed by atoms with van der Waals surface area (Å²) < 4.78 is 0. The maximum Gasteiger partial charge on any atom is 0.255 e. The highest BCUT2D eigenvalue weighted by Gasteiger charge is 2.28. The third-order valence-corrected chi connectivity index (χ3v) is 3.85. The molecule has 19 heavy (non-hydrogen) atoms. The highest BCUT2D eigenvalue weighted by atomic mass is 32.1. The van der Waals surface area contributed by atoms with Crippen LogP contribution in [0.2, 0.25) is 0 Å². The molecule has 1 N–H and O–H groups in total. The molecule has 0 aliphatic carbocycles. The fourth-order valence-corrected chi connectivity index (χ4v) is 2.66. The molecule has 1 aromatic rings. The third kappa shape index (κ3) is 3.10. The van der Waals surface area contributed by atoms with Gasteiger partial charge in [0.25, 0.3) is 5.91 Å². The molecule has 0 aromatic heterocycles. The molecular weight excluding hydrogens is 260 g/mol. The lowest BCUT2D eigenvalue weighted by Gasteiger charge is -2.32. The zero-order chi connectivity index (χ0) is 13.8. The number of likely N-dealkylation sites (tertiary alicyclic amines) is 1. The second kappa shape index (κ2) is 6.10. The number of thiol groups is 1. The summed E-state index contributed by atoms with van der Waals surface area (Å²) in [5.74, 6) is -0.134. The van der Waals surface area contributed by atoms with Crippen molar-refractivity contribution in [3.63, 3.8) is 0 Å². The Kier molecular flexibility index (Phi) is 4.47. The van der Waals surface area contributed by atoms with Crippen LogP contribution in [0.1, 0.15) is 23.2 Å². The fraction of sp³-hybridized carbons (Fsp3) is 0.429. The first-order valence-electron chi connectivity index (χ1n) is 6.42. The Morgan fingerprint density at radius 1 is 1.37 bits per heavy atom. The van der Waals surface area contributed by atoms with E-state index in [2.05, 4.69) is 17.9 Å². The Morgan fingerprint density at radius 2 is 2.11 bits per heavy atom. The Hall–Kier alpha value is -1.49. The highest BCUT2D eigenvalue weighted by Crippen LogP contribution is 2.21. The minimum absolute atomic E-state index is 0.0108. The van der Waals surface area contributed by atoms with Crippen LogP contribution in [0.5, 0.6) is 0 Å². The van der Waals surface area contributed by atoms with Gasteiger partial charge in [0.1, 0.15) is 0 Å². The molecule has 4 nitrogen and oxygen atoms in total. The van der Waals surface area contributed by atoms with Gasteiger partial charge in [0.05, 0.1) is 11.5 Å². The molecule has 5 heteroatoms. The fourth-order valence-electron chi connectivity index (χ4n) is 2.40. The van der Waals surface area contributed by atoms with Gasteiger partial charge in [-0.2, -0.15) is 0 Å². The van der Waals surface area contributed by atoms with Crippen molar-refractivity contribution in [2.75, 3.05) is 20.1 Å². The Balaban J connectivity index is 2.11. The zero-order valence-electron chi connectivity index (χ0n) is 10.9. The van der Waals surface area contributed by atoms with E-state index >= 15 is 0 Å². The number of carbonyl (C=O) groups is 2. The predicted octanol–water partition coefficient (Wildman–Crippen LogP) is 1.57. The van der Waals surface area contributed by atoms with E-state index in [1.165, 1.54) is 0 Å². The number of benzene rings is 1. The molecule has 1 aliphatic heterocycles. The molecule has 2 rings (SSSR count). The van der Waals surface area contributed by atoms with Crippen LogP contribution in [0, 0.1) is 5.92 Å². The van der Waals surface area contributed by atoms with Crippen LogP contribution in [0.15, 0.2) is 29.2 Å². The first kappa shape index (κ1) is 13.9. The molecule has 1 aromatic carbocycles. The molecule has 102 valence electrons. The van der Waals surface area contributed by atoms with Crippen LogP contribution >= 0.6 is 12.6 Å². The van der Waals surface area contributed by atoms with Crippen molar-refractivity contribution in [3.8, 4) is 0 Å². The van der Waals surface area contributed by atoms with Crippen molar-refractivity contribution >= 4 is 24.4 Å².